The lowest BCUT2D eigenvalue weighted by molar-refractivity contribution is -0.195. The predicted octanol–water partition coefficient (Wildman–Crippen LogP) is 3.34. The minimum atomic E-state index is -0.289. The van der Waals surface area contributed by atoms with Gasteiger partial charge in [-0.3, -0.25) is 4.79 Å². The lowest BCUT2D eigenvalue weighted by Crippen LogP contribution is -2.57. The van der Waals surface area contributed by atoms with Gasteiger partial charge in [0.05, 0.1) is 17.6 Å². The third-order valence-electron chi connectivity index (χ3n) is 4.90. The van der Waals surface area contributed by atoms with Gasteiger partial charge in [0.2, 0.25) is 0 Å². The molecule has 0 aromatic heterocycles. The van der Waals surface area contributed by atoms with Crippen molar-refractivity contribution in [1.29, 1.82) is 0 Å². The lowest BCUT2D eigenvalue weighted by atomic mass is 9.56. The molecule has 1 saturated carbocycles. The van der Waals surface area contributed by atoms with Gasteiger partial charge >= 0.3 is 0 Å². The standard InChI is InChI=1S/C14H24O2/c1-5-14-8-6-10(2)16-12(14)13(3,4)11(15)7-9-14/h10,12H,5-9H2,1-4H3/t10?,12-,14?/m0/s1. The number of ketones is 1. The van der Waals surface area contributed by atoms with Crippen molar-refractivity contribution in [2.24, 2.45) is 10.8 Å². The van der Waals surface area contributed by atoms with Crippen LogP contribution in [0.1, 0.15) is 59.8 Å². The molecule has 3 atom stereocenters. The average molecular weight is 224 g/mol. The van der Waals surface area contributed by atoms with Crippen LogP contribution in [0.15, 0.2) is 0 Å². The first-order valence-corrected chi connectivity index (χ1v) is 6.61. The molecule has 0 aromatic rings. The van der Waals surface area contributed by atoms with E-state index < -0.39 is 0 Å². The molecule has 2 nitrogen and oxygen atoms in total. The molecule has 0 aromatic carbocycles. The highest BCUT2D eigenvalue weighted by molar-refractivity contribution is 5.85. The second-order valence-corrected chi connectivity index (χ2v) is 6.23. The van der Waals surface area contributed by atoms with Crippen LogP contribution in [-0.4, -0.2) is 18.0 Å². The van der Waals surface area contributed by atoms with E-state index in [0.29, 0.717) is 11.9 Å². The Hall–Kier alpha value is -0.370. The third-order valence-corrected chi connectivity index (χ3v) is 4.90. The van der Waals surface area contributed by atoms with Gasteiger partial charge < -0.3 is 4.74 Å². The zero-order valence-corrected chi connectivity index (χ0v) is 11.0. The van der Waals surface area contributed by atoms with Crippen LogP contribution in [0, 0.1) is 10.8 Å². The van der Waals surface area contributed by atoms with Gasteiger partial charge in [-0.1, -0.05) is 20.8 Å². The number of ether oxygens (including phenoxy) is 1. The van der Waals surface area contributed by atoms with Gasteiger partial charge in [-0.25, -0.2) is 0 Å². The number of carbonyl (C=O) groups excluding carboxylic acids is 1. The summed E-state index contributed by atoms with van der Waals surface area (Å²) in [5.74, 6) is 0.385. The molecule has 0 bridgehead atoms. The molecule has 0 N–H and O–H groups in total. The molecule has 2 unspecified atom stereocenters. The smallest absolute Gasteiger partial charge is 0.141 e. The van der Waals surface area contributed by atoms with Crippen molar-refractivity contribution in [1.82, 2.24) is 0 Å². The van der Waals surface area contributed by atoms with Crippen molar-refractivity contribution < 1.29 is 9.53 Å². The van der Waals surface area contributed by atoms with E-state index in [0.717, 1.165) is 25.7 Å². The zero-order valence-electron chi connectivity index (χ0n) is 11.0. The molecule has 1 heterocycles. The number of rotatable bonds is 1. The molecule has 1 saturated heterocycles. The van der Waals surface area contributed by atoms with Gasteiger partial charge in [0.15, 0.2) is 0 Å². The summed E-state index contributed by atoms with van der Waals surface area (Å²) in [5.41, 5.74) is -0.0210. The molecule has 0 spiro atoms. The van der Waals surface area contributed by atoms with Crippen LogP contribution < -0.4 is 0 Å². The maximum Gasteiger partial charge on any atom is 0.141 e. The molecule has 2 aliphatic rings. The summed E-state index contributed by atoms with van der Waals surface area (Å²) in [6, 6.07) is 0. The minimum Gasteiger partial charge on any atom is -0.374 e. The summed E-state index contributed by atoms with van der Waals surface area (Å²) in [7, 11) is 0. The summed E-state index contributed by atoms with van der Waals surface area (Å²) in [4.78, 5) is 12.1. The zero-order chi connectivity index (χ0) is 12.0. The van der Waals surface area contributed by atoms with E-state index in [1.807, 2.05) is 0 Å². The summed E-state index contributed by atoms with van der Waals surface area (Å²) in [5, 5.41) is 0. The Bertz CT molecular complexity index is 295. The third kappa shape index (κ3) is 1.62. The second-order valence-electron chi connectivity index (χ2n) is 6.23. The first-order valence-electron chi connectivity index (χ1n) is 6.61. The maximum atomic E-state index is 12.1. The lowest BCUT2D eigenvalue weighted by Gasteiger charge is -2.54. The molecule has 2 heteroatoms. The van der Waals surface area contributed by atoms with Gasteiger partial charge in [0, 0.05) is 6.42 Å². The van der Waals surface area contributed by atoms with Gasteiger partial charge in [-0.05, 0) is 38.0 Å². The Morgan fingerprint density at radius 3 is 2.69 bits per heavy atom. The quantitative estimate of drug-likeness (QED) is 0.683. The number of carbonyl (C=O) groups is 1. The highest BCUT2D eigenvalue weighted by atomic mass is 16.5. The van der Waals surface area contributed by atoms with Crippen LogP contribution in [0.3, 0.4) is 0 Å². The Morgan fingerprint density at radius 1 is 1.38 bits per heavy atom. The van der Waals surface area contributed by atoms with Crippen molar-refractivity contribution >= 4 is 5.78 Å². The topological polar surface area (TPSA) is 26.3 Å². The van der Waals surface area contributed by atoms with Crippen LogP contribution in [-0.2, 0) is 9.53 Å². The van der Waals surface area contributed by atoms with Crippen LogP contribution >= 0.6 is 0 Å². The van der Waals surface area contributed by atoms with Gasteiger partial charge in [0.25, 0.3) is 0 Å². The van der Waals surface area contributed by atoms with E-state index in [-0.39, 0.29) is 16.9 Å². The van der Waals surface area contributed by atoms with Crippen LogP contribution in [0.4, 0.5) is 0 Å². The van der Waals surface area contributed by atoms with E-state index in [4.69, 9.17) is 4.74 Å². The first kappa shape index (κ1) is 12.1. The number of hydrogen-bond acceptors (Lipinski definition) is 2. The van der Waals surface area contributed by atoms with E-state index in [9.17, 15) is 4.79 Å². The Kier molecular flexibility index (Phi) is 2.90. The molecule has 1 aliphatic heterocycles. The van der Waals surface area contributed by atoms with E-state index >= 15 is 0 Å². The molecule has 0 radical (unpaired) electrons. The predicted molar refractivity (Wildman–Crippen MR) is 64.3 cm³/mol. The van der Waals surface area contributed by atoms with E-state index in [2.05, 4.69) is 27.7 Å². The molecular weight excluding hydrogens is 200 g/mol. The van der Waals surface area contributed by atoms with E-state index in [1.54, 1.807) is 0 Å². The molecule has 2 rings (SSSR count). The van der Waals surface area contributed by atoms with Crippen molar-refractivity contribution in [3.05, 3.63) is 0 Å². The fraction of sp³-hybridized carbons (Fsp3) is 0.929. The van der Waals surface area contributed by atoms with Gasteiger partial charge in [-0.2, -0.15) is 0 Å². The van der Waals surface area contributed by atoms with Crippen LogP contribution in [0.5, 0.6) is 0 Å². The first-order chi connectivity index (χ1) is 7.42. The molecule has 2 fully saturated rings. The van der Waals surface area contributed by atoms with Gasteiger partial charge in [-0.15, -0.1) is 0 Å². The maximum absolute atomic E-state index is 12.1. The normalized spacial score (nSPS) is 42.9. The Labute approximate surface area is 98.7 Å². The second kappa shape index (κ2) is 3.83. The van der Waals surface area contributed by atoms with Gasteiger partial charge in [0.1, 0.15) is 5.78 Å². The monoisotopic (exact) mass is 224 g/mol. The summed E-state index contributed by atoms with van der Waals surface area (Å²) in [6.45, 7) is 8.52. The molecule has 92 valence electrons. The summed E-state index contributed by atoms with van der Waals surface area (Å²) in [6.07, 6.45) is 5.74. The Morgan fingerprint density at radius 2 is 2.06 bits per heavy atom. The largest absolute Gasteiger partial charge is 0.374 e. The highest BCUT2D eigenvalue weighted by Crippen LogP contribution is 2.53. The molecule has 1 aliphatic carbocycles. The minimum absolute atomic E-state index is 0.134. The summed E-state index contributed by atoms with van der Waals surface area (Å²) >= 11 is 0. The summed E-state index contributed by atoms with van der Waals surface area (Å²) < 4.78 is 6.15. The number of hydrogen-bond donors (Lipinski definition) is 0. The molecular formula is C14H24O2. The van der Waals surface area contributed by atoms with Crippen molar-refractivity contribution in [3.8, 4) is 0 Å². The fourth-order valence-electron chi connectivity index (χ4n) is 3.63. The average Bonchev–Trinajstić information content (AvgIpc) is 2.26. The van der Waals surface area contributed by atoms with Crippen molar-refractivity contribution in [2.45, 2.75) is 72.0 Å². The molecule has 0 amide bonds. The van der Waals surface area contributed by atoms with Crippen molar-refractivity contribution in [2.75, 3.05) is 0 Å². The fourth-order valence-corrected chi connectivity index (χ4v) is 3.63. The molecule has 16 heavy (non-hydrogen) atoms. The number of Topliss-reactive ketones (excluding diaryl/α,β-unsaturated/α-hetero) is 1. The highest BCUT2D eigenvalue weighted by Gasteiger charge is 2.55. The van der Waals surface area contributed by atoms with Crippen molar-refractivity contribution in [3.63, 3.8) is 0 Å². The number of fused-ring (bicyclic) bond motifs is 1. The van der Waals surface area contributed by atoms with Crippen LogP contribution in [0.2, 0.25) is 0 Å². The van der Waals surface area contributed by atoms with Crippen LogP contribution in [0.25, 0.3) is 0 Å². The Balaban J connectivity index is 2.33. The SMILES string of the molecule is CCC12CCC(=O)C(C)(C)[C@@H]1OC(C)CC2. The van der Waals surface area contributed by atoms with E-state index in [1.165, 1.54) is 6.42 Å².